The van der Waals surface area contributed by atoms with Crippen molar-refractivity contribution in [1.29, 1.82) is 0 Å². The van der Waals surface area contributed by atoms with Gasteiger partial charge in [-0.1, -0.05) is 56.2 Å². The summed E-state index contributed by atoms with van der Waals surface area (Å²) in [7, 11) is 0. The standard InChI is InChI=1S/C33H38N2O3/c1-3-22-17-27(20-34-19-22)23-11-15-26(16-12-23)32(25-7-4-5-8-25)33(38)35-30-10-6-9-28(21(30)2)29(18-31(36)37)24-13-14-24/h6,9-12,15-17,19-20,24-25,29,32H,3-5,7-8,13-14,18H2,1-2H3,(H,35,38)(H,36,37). The van der Waals surface area contributed by atoms with Gasteiger partial charge >= 0.3 is 5.97 Å². The molecule has 2 aliphatic rings. The summed E-state index contributed by atoms with van der Waals surface area (Å²) < 4.78 is 0. The van der Waals surface area contributed by atoms with Gasteiger partial charge in [0.15, 0.2) is 0 Å². The molecule has 0 spiro atoms. The second kappa shape index (κ2) is 11.5. The third kappa shape index (κ3) is 5.82. The molecule has 1 heterocycles. The number of aryl methyl sites for hydroxylation is 1. The first-order valence-electron chi connectivity index (χ1n) is 14.1. The average Bonchev–Trinajstić information content (AvgIpc) is 3.64. The third-order valence-electron chi connectivity index (χ3n) is 8.58. The van der Waals surface area contributed by atoms with Gasteiger partial charge in [0.1, 0.15) is 0 Å². The highest BCUT2D eigenvalue weighted by Gasteiger charge is 2.36. The molecule has 1 amide bonds. The number of carbonyl (C=O) groups excluding carboxylic acids is 1. The Morgan fingerprint density at radius 1 is 0.974 bits per heavy atom. The molecule has 5 rings (SSSR count). The first kappa shape index (κ1) is 26.1. The Balaban J connectivity index is 1.40. The molecule has 2 aliphatic carbocycles. The predicted octanol–water partition coefficient (Wildman–Crippen LogP) is 7.50. The topological polar surface area (TPSA) is 79.3 Å². The van der Waals surface area contributed by atoms with Crippen molar-refractivity contribution in [2.24, 2.45) is 11.8 Å². The maximum absolute atomic E-state index is 13.9. The molecule has 1 aromatic heterocycles. The number of hydrogen-bond acceptors (Lipinski definition) is 3. The fourth-order valence-electron chi connectivity index (χ4n) is 6.27. The van der Waals surface area contributed by atoms with Gasteiger partial charge in [-0.3, -0.25) is 14.6 Å². The second-order valence-corrected chi connectivity index (χ2v) is 11.1. The van der Waals surface area contributed by atoms with Crippen molar-refractivity contribution in [2.75, 3.05) is 5.32 Å². The summed E-state index contributed by atoms with van der Waals surface area (Å²) >= 11 is 0. The van der Waals surface area contributed by atoms with E-state index in [-0.39, 0.29) is 24.2 Å². The number of amides is 1. The number of carbonyl (C=O) groups is 2. The molecular formula is C33H38N2O3. The zero-order chi connectivity index (χ0) is 26.6. The minimum atomic E-state index is -0.766. The quantitative estimate of drug-likeness (QED) is 0.296. The van der Waals surface area contributed by atoms with Gasteiger partial charge in [-0.2, -0.15) is 0 Å². The van der Waals surface area contributed by atoms with Crippen LogP contribution in [0.15, 0.2) is 60.9 Å². The van der Waals surface area contributed by atoms with E-state index in [2.05, 4.69) is 47.6 Å². The predicted molar refractivity (Wildman–Crippen MR) is 151 cm³/mol. The fraction of sp³-hybridized carbons (Fsp3) is 0.424. The molecule has 38 heavy (non-hydrogen) atoms. The van der Waals surface area contributed by atoms with Crippen molar-refractivity contribution in [3.63, 3.8) is 0 Å². The number of benzene rings is 2. The number of anilines is 1. The van der Waals surface area contributed by atoms with Crippen LogP contribution in [0.5, 0.6) is 0 Å². The summed E-state index contributed by atoms with van der Waals surface area (Å²) in [6.45, 7) is 4.14. The van der Waals surface area contributed by atoms with E-state index >= 15 is 0 Å². The van der Waals surface area contributed by atoms with Crippen LogP contribution in [0.2, 0.25) is 0 Å². The maximum Gasteiger partial charge on any atom is 0.303 e. The van der Waals surface area contributed by atoms with E-state index in [1.165, 1.54) is 5.56 Å². The van der Waals surface area contributed by atoms with Crippen LogP contribution >= 0.6 is 0 Å². The molecular weight excluding hydrogens is 472 g/mol. The molecule has 2 saturated carbocycles. The Labute approximate surface area is 225 Å². The van der Waals surface area contributed by atoms with Crippen molar-refractivity contribution in [3.05, 3.63) is 83.2 Å². The van der Waals surface area contributed by atoms with Crippen molar-refractivity contribution in [3.8, 4) is 11.1 Å². The highest BCUT2D eigenvalue weighted by atomic mass is 16.4. The lowest BCUT2D eigenvalue weighted by Gasteiger charge is -2.25. The molecule has 198 valence electrons. The smallest absolute Gasteiger partial charge is 0.303 e. The molecule has 2 aromatic carbocycles. The molecule has 5 heteroatoms. The van der Waals surface area contributed by atoms with Crippen LogP contribution < -0.4 is 5.32 Å². The minimum absolute atomic E-state index is 0.00299. The zero-order valence-electron chi connectivity index (χ0n) is 22.5. The minimum Gasteiger partial charge on any atom is -0.481 e. The Morgan fingerprint density at radius 2 is 1.71 bits per heavy atom. The Morgan fingerprint density at radius 3 is 2.37 bits per heavy atom. The number of carboxylic acid groups (broad SMARTS) is 1. The Bertz CT molecular complexity index is 1290. The molecule has 0 bridgehead atoms. The zero-order valence-corrected chi connectivity index (χ0v) is 22.5. The van der Waals surface area contributed by atoms with Crippen LogP contribution in [0.1, 0.15) is 86.0 Å². The molecule has 0 saturated heterocycles. The fourth-order valence-corrected chi connectivity index (χ4v) is 6.27. The summed E-state index contributed by atoms with van der Waals surface area (Å²) in [5.41, 5.74) is 7.30. The van der Waals surface area contributed by atoms with Crippen molar-refractivity contribution in [2.45, 2.75) is 77.0 Å². The van der Waals surface area contributed by atoms with Gasteiger partial charge in [-0.05, 0) is 96.7 Å². The van der Waals surface area contributed by atoms with Crippen LogP contribution in [-0.4, -0.2) is 22.0 Å². The summed E-state index contributed by atoms with van der Waals surface area (Å²) in [6, 6.07) is 16.5. The van der Waals surface area contributed by atoms with Crippen molar-refractivity contribution >= 4 is 17.6 Å². The number of carboxylic acids is 1. The number of aliphatic carboxylic acids is 1. The first-order chi connectivity index (χ1) is 18.4. The molecule has 2 atom stereocenters. The highest BCUT2D eigenvalue weighted by Crippen LogP contribution is 2.46. The van der Waals surface area contributed by atoms with Gasteiger partial charge in [0.2, 0.25) is 5.91 Å². The van der Waals surface area contributed by atoms with Gasteiger partial charge in [-0.25, -0.2) is 0 Å². The third-order valence-corrected chi connectivity index (χ3v) is 8.58. The average molecular weight is 511 g/mol. The second-order valence-electron chi connectivity index (χ2n) is 11.1. The van der Waals surface area contributed by atoms with E-state index in [1.807, 2.05) is 37.5 Å². The lowest BCUT2D eigenvalue weighted by molar-refractivity contribution is -0.137. The summed E-state index contributed by atoms with van der Waals surface area (Å²) in [5, 5.41) is 12.8. The number of nitrogens with one attached hydrogen (secondary N) is 1. The van der Waals surface area contributed by atoms with Crippen molar-refractivity contribution < 1.29 is 14.7 Å². The normalized spacial score (nSPS) is 17.2. The number of aromatic nitrogens is 1. The van der Waals surface area contributed by atoms with Crippen molar-refractivity contribution in [1.82, 2.24) is 4.98 Å². The first-order valence-corrected chi connectivity index (χ1v) is 14.1. The van der Waals surface area contributed by atoms with E-state index in [1.54, 1.807) is 0 Å². The van der Waals surface area contributed by atoms with E-state index in [9.17, 15) is 14.7 Å². The lowest BCUT2D eigenvalue weighted by atomic mass is 9.83. The summed E-state index contributed by atoms with van der Waals surface area (Å²) in [4.78, 5) is 29.8. The van der Waals surface area contributed by atoms with Crippen LogP contribution in [0.25, 0.3) is 11.1 Å². The van der Waals surface area contributed by atoms with E-state index in [0.29, 0.717) is 11.8 Å². The highest BCUT2D eigenvalue weighted by molar-refractivity contribution is 5.97. The molecule has 2 fully saturated rings. The molecule has 3 aromatic rings. The van der Waals surface area contributed by atoms with Crippen LogP contribution in [-0.2, 0) is 16.0 Å². The van der Waals surface area contributed by atoms with E-state index < -0.39 is 5.97 Å². The Hall–Kier alpha value is -3.47. The van der Waals surface area contributed by atoms with Gasteiger partial charge in [0.25, 0.3) is 0 Å². The molecule has 0 aliphatic heterocycles. The maximum atomic E-state index is 13.9. The number of nitrogens with zero attached hydrogens (tertiary/aromatic N) is 1. The Kier molecular flexibility index (Phi) is 7.92. The SMILES string of the molecule is CCc1cncc(-c2ccc(C(C(=O)Nc3cccc(C(CC(=O)O)C4CC4)c3C)C3CCCC3)cc2)c1. The molecule has 2 unspecified atom stereocenters. The largest absolute Gasteiger partial charge is 0.481 e. The molecule has 2 N–H and O–H groups in total. The molecule has 5 nitrogen and oxygen atoms in total. The van der Waals surface area contributed by atoms with E-state index in [4.69, 9.17) is 0 Å². The molecule has 0 radical (unpaired) electrons. The monoisotopic (exact) mass is 510 g/mol. The van der Waals surface area contributed by atoms with Gasteiger partial charge < -0.3 is 10.4 Å². The lowest BCUT2D eigenvalue weighted by Crippen LogP contribution is -2.27. The van der Waals surface area contributed by atoms with Crippen LogP contribution in [0.4, 0.5) is 5.69 Å². The number of rotatable bonds is 10. The van der Waals surface area contributed by atoms with E-state index in [0.717, 1.165) is 78.5 Å². The van der Waals surface area contributed by atoms with Gasteiger partial charge in [0, 0.05) is 23.6 Å². The van der Waals surface area contributed by atoms with Crippen LogP contribution in [0.3, 0.4) is 0 Å². The van der Waals surface area contributed by atoms with Crippen LogP contribution in [0, 0.1) is 18.8 Å². The number of pyridine rings is 1. The summed E-state index contributed by atoms with van der Waals surface area (Å²) in [5.74, 6) is -0.205. The van der Waals surface area contributed by atoms with Gasteiger partial charge in [0.05, 0.1) is 12.3 Å². The number of hydrogen-bond donors (Lipinski definition) is 2. The van der Waals surface area contributed by atoms with Gasteiger partial charge in [-0.15, -0.1) is 0 Å². The summed E-state index contributed by atoms with van der Waals surface area (Å²) in [6.07, 6.45) is 11.5.